The van der Waals surface area contributed by atoms with Crippen molar-refractivity contribution >= 4 is 0 Å². The van der Waals surface area contributed by atoms with Crippen LogP contribution in [0.15, 0.2) is 18.2 Å². The summed E-state index contributed by atoms with van der Waals surface area (Å²) < 4.78 is 26.5. The van der Waals surface area contributed by atoms with Gasteiger partial charge in [0.25, 0.3) is 0 Å². The lowest BCUT2D eigenvalue weighted by Gasteiger charge is -2.28. The van der Waals surface area contributed by atoms with Crippen molar-refractivity contribution in [3.8, 4) is 0 Å². The monoisotopic (exact) mass is 259 g/mol. The third-order valence-corrected chi connectivity index (χ3v) is 2.93. The van der Waals surface area contributed by atoms with E-state index < -0.39 is 23.1 Å². The van der Waals surface area contributed by atoms with Crippen LogP contribution in [0.25, 0.3) is 0 Å². The molecule has 0 radical (unpaired) electrons. The lowest BCUT2D eigenvalue weighted by atomic mass is 9.84. The zero-order chi connectivity index (χ0) is 13.8. The van der Waals surface area contributed by atoms with Gasteiger partial charge in [0.05, 0.1) is 19.3 Å². The largest absolute Gasteiger partial charge is 0.395 e. The molecule has 3 N–H and O–H groups in total. The first-order valence-corrected chi connectivity index (χ1v) is 5.81. The maximum atomic E-state index is 13.7. The quantitative estimate of drug-likeness (QED) is 0.719. The Morgan fingerprint density at radius 3 is 2.33 bits per heavy atom. The zero-order valence-electron chi connectivity index (χ0n) is 10.6. The number of halogens is 2. The predicted molar refractivity (Wildman–Crippen MR) is 65.3 cm³/mol. The highest BCUT2D eigenvalue weighted by molar-refractivity contribution is 5.26. The maximum absolute atomic E-state index is 13.7. The van der Waals surface area contributed by atoms with Gasteiger partial charge in [0.2, 0.25) is 0 Å². The van der Waals surface area contributed by atoms with Gasteiger partial charge in [-0.3, -0.25) is 0 Å². The second-order valence-electron chi connectivity index (χ2n) is 4.95. The summed E-state index contributed by atoms with van der Waals surface area (Å²) in [6.07, 6.45) is 0. The van der Waals surface area contributed by atoms with E-state index in [1.165, 1.54) is 12.1 Å². The third kappa shape index (κ3) is 3.73. The van der Waals surface area contributed by atoms with Crippen LogP contribution in [0.3, 0.4) is 0 Å². The van der Waals surface area contributed by atoms with E-state index in [0.29, 0.717) is 12.1 Å². The number of hydrogen-bond acceptors (Lipinski definition) is 3. The Morgan fingerprint density at radius 1 is 1.22 bits per heavy atom. The second kappa shape index (κ2) is 6.22. The van der Waals surface area contributed by atoms with Crippen LogP contribution in [0.5, 0.6) is 0 Å². The highest BCUT2D eigenvalue weighted by Crippen LogP contribution is 2.25. The van der Waals surface area contributed by atoms with E-state index in [1.807, 2.05) is 13.8 Å². The van der Waals surface area contributed by atoms with Crippen molar-refractivity contribution in [1.29, 1.82) is 0 Å². The van der Waals surface area contributed by atoms with E-state index in [9.17, 15) is 8.78 Å². The molecule has 0 spiro atoms. The van der Waals surface area contributed by atoms with Gasteiger partial charge in [0.1, 0.15) is 11.6 Å². The predicted octanol–water partition coefficient (Wildman–Crippen LogP) is 1.19. The van der Waals surface area contributed by atoms with Crippen LogP contribution < -0.4 is 5.32 Å². The van der Waals surface area contributed by atoms with Crippen LogP contribution in [0, 0.1) is 11.6 Å². The van der Waals surface area contributed by atoms with Crippen LogP contribution in [0.4, 0.5) is 8.78 Å². The number of nitrogens with one attached hydrogen (secondary N) is 1. The van der Waals surface area contributed by atoms with Gasteiger partial charge in [0.15, 0.2) is 0 Å². The summed E-state index contributed by atoms with van der Waals surface area (Å²) in [5, 5.41) is 20.8. The van der Waals surface area contributed by atoms with Crippen molar-refractivity contribution in [1.82, 2.24) is 5.32 Å². The molecule has 0 saturated heterocycles. The van der Waals surface area contributed by atoms with E-state index in [2.05, 4.69) is 5.32 Å². The van der Waals surface area contributed by atoms with Crippen molar-refractivity contribution in [2.24, 2.45) is 0 Å². The highest BCUT2D eigenvalue weighted by atomic mass is 19.1. The molecule has 0 unspecified atom stereocenters. The van der Waals surface area contributed by atoms with Crippen LogP contribution in [-0.2, 0) is 5.41 Å². The van der Waals surface area contributed by atoms with E-state index in [0.717, 1.165) is 6.07 Å². The Bertz CT molecular complexity index is 393. The molecule has 0 saturated carbocycles. The summed E-state index contributed by atoms with van der Waals surface area (Å²) in [5.41, 5.74) is -0.175. The minimum atomic E-state index is -0.608. The molecule has 1 rings (SSSR count). The lowest BCUT2D eigenvalue weighted by Crippen LogP contribution is -2.43. The molecule has 1 aromatic carbocycles. The summed E-state index contributed by atoms with van der Waals surface area (Å²) in [6, 6.07) is 3.05. The molecule has 102 valence electrons. The van der Waals surface area contributed by atoms with Gasteiger partial charge in [-0.1, -0.05) is 19.9 Å². The van der Waals surface area contributed by atoms with E-state index in [-0.39, 0.29) is 13.2 Å². The average Bonchev–Trinajstić information content (AvgIpc) is 2.29. The summed E-state index contributed by atoms with van der Waals surface area (Å²) in [5.74, 6) is -1.20. The zero-order valence-corrected chi connectivity index (χ0v) is 10.6. The van der Waals surface area contributed by atoms with E-state index in [4.69, 9.17) is 10.2 Å². The van der Waals surface area contributed by atoms with Gasteiger partial charge in [0, 0.05) is 18.0 Å². The molecule has 0 bridgehead atoms. The van der Waals surface area contributed by atoms with Crippen LogP contribution in [-0.4, -0.2) is 36.0 Å². The third-order valence-electron chi connectivity index (χ3n) is 2.93. The van der Waals surface area contributed by atoms with Crippen molar-refractivity contribution < 1.29 is 19.0 Å². The van der Waals surface area contributed by atoms with Crippen LogP contribution in [0.1, 0.15) is 19.4 Å². The number of hydrogen-bond donors (Lipinski definition) is 3. The fourth-order valence-electron chi connectivity index (χ4n) is 1.72. The van der Waals surface area contributed by atoms with Crippen molar-refractivity contribution in [2.75, 3.05) is 19.8 Å². The number of aliphatic hydroxyl groups is 2. The van der Waals surface area contributed by atoms with Gasteiger partial charge >= 0.3 is 0 Å². The Hall–Kier alpha value is -1.04. The first-order valence-electron chi connectivity index (χ1n) is 5.81. The van der Waals surface area contributed by atoms with Crippen LogP contribution >= 0.6 is 0 Å². The smallest absolute Gasteiger partial charge is 0.129 e. The van der Waals surface area contributed by atoms with Gasteiger partial charge in [-0.05, 0) is 11.6 Å². The minimum Gasteiger partial charge on any atom is -0.395 e. The number of rotatable bonds is 6. The van der Waals surface area contributed by atoms with Gasteiger partial charge in [-0.15, -0.1) is 0 Å². The summed E-state index contributed by atoms with van der Waals surface area (Å²) in [7, 11) is 0. The van der Waals surface area contributed by atoms with Crippen molar-refractivity contribution in [3.63, 3.8) is 0 Å². The lowest BCUT2D eigenvalue weighted by molar-refractivity contribution is 0.166. The molecule has 0 amide bonds. The first-order chi connectivity index (χ1) is 8.40. The van der Waals surface area contributed by atoms with Gasteiger partial charge in [-0.2, -0.15) is 0 Å². The number of benzene rings is 1. The Morgan fingerprint density at radius 2 is 1.83 bits per heavy atom. The molecular formula is C13H19F2NO2. The topological polar surface area (TPSA) is 52.5 Å². The first kappa shape index (κ1) is 15.0. The summed E-state index contributed by atoms with van der Waals surface area (Å²) in [4.78, 5) is 0. The fraction of sp³-hybridized carbons (Fsp3) is 0.538. The Labute approximate surface area is 105 Å². The molecule has 3 nitrogen and oxygen atoms in total. The molecule has 0 aromatic heterocycles. The van der Waals surface area contributed by atoms with Crippen molar-refractivity contribution in [3.05, 3.63) is 35.4 Å². The normalized spacial score (nSPS) is 12.2. The molecular weight excluding hydrogens is 240 g/mol. The molecule has 0 aliphatic rings. The minimum absolute atomic E-state index is 0.196. The highest BCUT2D eigenvalue weighted by Gasteiger charge is 2.25. The molecule has 0 fully saturated rings. The number of aliphatic hydroxyl groups excluding tert-OH is 2. The molecule has 18 heavy (non-hydrogen) atoms. The Balaban J connectivity index is 2.79. The van der Waals surface area contributed by atoms with Crippen molar-refractivity contribution in [2.45, 2.75) is 25.3 Å². The standard InChI is InChI=1S/C13H19F2NO2/c1-13(2,8-16-10(6-17)7-18)11-4-3-9(14)5-12(11)15/h3-5,10,16-18H,6-8H2,1-2H3. The van der Waals surface area contributed by atoms with Gasteiger partial charge in [-0.25, -0.2) is 8.78 Å². The average molecular weight is 259 g/mol. The molecule has 0 heterocycles. The van der Waals surface area contributed by atoms with Crippen LogP contribution in [0.2, 0.25) is 0 Å². The second-order valence-corrected chi connectivity index (χ2v) is 4.95. The van der Waals surface area contributed by atoms with E-state index in [1.54, 1.807) is 0 Å². The van der Waals surface area contributed by atoms with E-state index >= 15 is 0 Å². The Kier molecular flexibility index (Phi) is 5.19. The molecule has 1 aromatic rings. The molecule has 0 aliphatic heterocycles. The SMILES string of the molecule is CC(C)(CNC(CO)CO)c1ccc(F)cc1F. The molecule has 5 heteroatoms. The maximum Gasteiger partial charge on any atom is 0.129 e. The fourth-order valence-corrected chi connectivity index (χ4v) is 1.72. The molecule has 0 atom stereocenters. The molecule has 0 aliphatic carbocycles. The summed E-state index contributed by atoms with van der Waals surface area (Å²) in [6.45, 7) is 3.59. The summed E-state index contributed by atoms with van der Waals surface area (Å²) >= 11 is 0. The van der Waals surface area contributed by atoms with Gasteiger partial charge < -0.3 is 15.5 Å².